The van der Waals surface area contributed by atoms with Gasteiger partial charge < -0.3 is 14.8 Å². The van der Waals surface area contributed by atoms with E-state index in [0.29, 0.717) is 0 Å². The zero-order valence-corrected chi connectivity index (χ0v) is 13.9. The van der Waals surface area contributed by atoms with Gasteiger partial charge in [0.15, 0.2) is 0 Å². The summed E-state index contributed by atoms with van der Waals surface area (Å²) in [5, 5.41) is 3.19. The van der Waals surface area contributed by atoms with Crippen molar-refractivity contribution in [3.05, 3.63) is 59.9 Å². The lowest BCUT2D eigenvalue weighted by molar-refractivity contribution is 0.164. The minimum Gasteiger partial charge on any atom is -0.348 e. The van der Waals surface area contributed by atoms with Crippen LogP contribution in [0.5, 0.6) is 0 Å². The Morgan fingerprint density at radius 1 is 1.13 bits per heavy atom. The maximum absolute atomic E-state index is 12.8. The Morgan fingerprint density at radius 2 is 1.87 bits per heavy atom. The fourth-order valence-corrected chi connectivity index (χ4v) is 3.34. The number of aromatic nitrogens is 1. The van der Waals surface area contributed by atoms with Gasteiger partial charge in [0.1, 0.15) is 0 Å². The summed E-state index contributed by atoms with van der Waals surface area (Å²) in [7, 11) is 0. The van der Waals surface area contributed by atoms with Crippen molar-refractivity contribution in [1.82, 2.24) is 14.8 Å². The van der Waals surface area contributed by atoms with Crippen molar-refractivity contribution >= 4 is 6.03 Å². The molecule has 4 heteroatoms. The number of fused-ring (bicyclic) bond motifs is 1. The highest BCUT2D eigenvalue weighted by Crippen LogP contribution is 2.32. The highest BCUT2D eigenvalue weighted by molar-refractivity contribution is 5.75. The second-order valence-electron chi connectivity index (χ2n) is 6.10. The highest BCUT2D eigenvalue weighted by atomic mass is 16.2. The van der Waals surface area contributed by atoms with E-state index >= 15 is 0 Å². The summed E-state index contributed by atoms with van der Waals surface area (Å²) in [6.07, 6.45) is 4.02. The van der Waals surface area contributed by atoms with Crippen LogP contribution in [0.25, 0.3) is 0 Å². The van der Waals surface area contributed by atoms with Crippen molar-refractivity contribution < 1.29 is 4.79 Å². The molecule has 1 aromatic carbocycles. The lowest BCUT2D eigenvalue weighted by Crippen LogP contribution is -2.49. The number of carbonyl (C=O) groups is 1. The van der Waals surface area contributed by atoms with Crippen LogP contribution >= 0.6 is 0 Å². The molecule has 0 aliphatic carbocycles. The number of nitrogens with one attached hydrogen (secondary N) is 1. The molecule has 122 valence electrons. The zero-order chi connectivity index (χ0) is 16.2. The molecule has 0 bridgehead atoms. The molecule has 3 rings (SSSR count). The minimum absolute atomic E-state index is 0.0192. The molecule has 1 N–H and O–H groups in total. The minimum atomic E-state index is -0.0192. The predicted molar refractivity (Wildman–Crippen MR) is 92.3 cm³/mol. The van der Waals surface area contributed by atoms with Gasteiger partial charge in [-0.2, -0.15) is 0 Å². The second-order valence-corrected chi connectivity index (χ2v) is 6.10. The first-order chi connectivity index (χ1) is 11.2. The van der Waals surface area contributed by atoms with Gasteiger partial charge in [-0.1, -0.05) is 44.2 Å². The van der Waals surface area contributed by atoms with E-state index in [1.54, 1.807) is 0 Å². The van der Waals surface area contributed by atoms with E-state index in [9.17, 15) is 4.79 Å². The molecule has 23 heavy (non-hydrogen) atoms. The monoisotopic (exact) mass is 311 g/mol. The van der Waals surface area contributed by atoms with Gasteiger partial charge in [-0.25, -0.2) is 4.79 Å². The van der Waals surface area contributed by atoms with Gasteiger partial charge in [0.2, 0.25) is 0 Å². The van der Waals surface area contributed by atoms with Crippen molar-refractivity contribution in [1.29, 1.82) is 0 Å². The average molecular weight is 311 g/mol. The van der Waals surface area contributed by atoms with Crippen molar-refractivity contribution in [2.24, 2.45) is 0 Å². The van der Waals surface area contributed by atoms with Crippen molar-refractivity contribution in [2.75, 3.05) is 6.54 Å². The Morgan fingerprint density at radius 3 is 2.57 bits per heavy atom. The Balaban J connectivity index is 1.91. The standard InChI is InChI=1S/C19H25N3O/c1-3-16(4-2)20-19(23)22-14-13-21-12-8-11-17(21)18(22)15-9-6-5-7-10-15/h5-12,16,18H,3-4,13-14H2,1-2H3,(H,20,23). The van der Waals surface area contributed by atoms with Crippen molar-refractivity contribution in [3.8, 4) is 0 Å². The van der Waals surface area contributed by atoms with Crippen molar-refractivity contribution in [3.63, 3.8) is 0 Å². The normalized spacial score (nSPS) is 17.2. The number of amides is 2. The molecule has 1 aliphatic rings. The number of urea groups is 1. The molecule has 1 unspecified atom stereocenters. The second kappa shape index (κ2) is 6.90. The van der Waals surface area contributed by atoms with E-state index in [0.717, 1.165) is 31.5 Å². The van der Waals surface area contributed by atoms with Gasteiger partial charge in [-0.05, 0) is 30.5 Å². The van der Waals surface area contributed by atoms with Gasteiger partial charge in [0.05, 0.1) is 6.04 Å². The van der Waals surface area contributed by atoms with Crippen LogP contribution in [0.15, 0.2) is 48.7 Å². The van der Waals surface area contributed by atoms with Crippen LogP contribution in [-0.2, 0) is 6.54 Å². The first-order valence-electron chi connectivity index (χ1n) is 8.51. The third-order valence-corrected chi connectivity index (χ3v) is 4.73. The smallest absolute Gasteiger partial charge is 0.318 e. The van der Waals surface area contributed by atoms with Gasteiger partial charge in [0, 0.05) is 31.0 Å². The Hall–Kier alpha value is -2.23. The van der Waals surface area contributed by atoms with Crippen molar-refractivity contribution in [2.45, 2.75) is 45.3 Å². The Labute approximate surface area is 138 Å². The number of hydrogen-bond acceptors (Lipinski definition) is 1. The SMILES string of the molecule is CCC(CC)NC(=O)N1CCn2cccc2C1c1ccccc1. The van der Waals surface area contributed by atoms with Crippen LogP contribution in [0.1, 0.15) is 44.0 Å². The first-order valence-corrected chi connectivity index (χ1v) is 8.51. The Bertz CT molecular complexity index is 646. The summed E-state index contributed by atoms with van der Waals surface area (Å²) in [4.78, 5) is 14.8. The fourth-order valence-electron chi connectivity index (χ4n) is 3.34. The number of hydrogen-bond donors (Lipinski definition) is 1. The van der Waals surface area contributed by atoms with E-state index in [1.165, 1.54) is 5.69 Å². The molecular formula is C19H25N3O. The fraction of sp³-hybridized carbons (Fsp3) is 0.421. The van der Waals surface area contributed by atoms with Gasteiger partial charge in [-0.3, -0.25) is 0 Å². The predicted octanol–water partition coefficient (Wildman–Crippen LogP) is 3.79. The molecule has 0 radical (unpaired) electrons. The maximum atomic E-state index is 12.8. The molecule has 1 aliphatic heterocycles. The maximum Gasteiger partial charge on any atom is 0.318 e. The van der Waals surface area contributed by atoms with E-state index in [2.05, 4.69) is 54.2 Å². The molecule has 2 aromatic rings. The molecule has 1 atom stereocenters. The summed E-state index contributed by atoms with van der Waals surface area (Å²) in [5.74, 6) is 0. The zero-order valence-electron chi connectivity index (χ0n) is 13.9. The quantitative estimate of drug-likeness (QED) is 0.916. The number of benzene rings is 1. The van der Waals surface area contributed by atoms with Crippen LogP contribution in [0.3, 0.4) is 0 Å². The van der Waals surface area contributed by atoms with Gasteiger partial charge in [-0.15, -0.1) is 0 Å². The number of nitrogens with zero attached hydrogens (tertiary/aromatic N) is 2. The van der Waals surface area contributed by atoms with Crippen LogP contribution in [0, 0.1) is 0 Å². The Kier molecular flexibility index (Phi) is 4.70. The molecule has 1 aromatic heterocycles. The first kappa shape index (κ1) is 15.7. The number of rotatable bonds is 4. The molecule has 2 amide bonds. The molecule has 0 spiro atoms. The summed E-state index contributed by atoms with van der Waals surface area (Å²) in [6, 6.07) is 14.7. The van der Waals surface area contributed by atoms with Crippen LogP contribution in [0.2, 0.25) is 0 Å². The average Bonchev–Trinajstić information content (AvgIpc) is 3.08. The summed E-state index contributed by atoms with van der Waals surface area (Å²) >= 11 is 0. The third-order valence-electron chi connectivity index (χ3n) is 4.73. The van der Waals surface area contributed by atoms with Gasteiger partial charge >= 0.3 is 6.03 Å². The lowest BCUT2D eigenvalue weighted by atomic mass is 10.0. The molecule has 0 fully saturated rings. The van der Waals surface area contributed by atoms with Crippen LogP contribution < -0.4 is 5.32 Å². The topological polar surface area (TPSA) is 37.3 Å². The lowest BCUT2D eigenvalue weighted by Gasteiger charge is -2.38. The summed E-state index contributed by atoms with van der Waals surface area (Å²) in [6.45, 7) is 5.81. The number of carbonyl (C=O) groups excluding carboxylic acids is 1. The highest BCUT2D eigenvalue weighted by Gasteiger charge is 2.32. The van der Waals surface area contributed by atoms with E-state index in [4.69, 9.17) is 0 Å². The largest absolute Gasteiger partial charge is 0.348 e. The van der Waals surface area contributed by atoms with Crippen LogP contribution in [-0.4, -0.2) is 28.1 Å². The van der Waals surface area contributed by atoms with E-state index in [-0.39, 0.29) is 18.1 Å². The molecule has 0 saturated carbocycles. The molecule has 2 heterocycles. The van der Waals surface area contributed by atoms with E-state index in [1.807, 2.05) is 23.1 Å². The third kappa shape index (κ3) is 3.11. The van der Waals surface area contributed by atoms with Crippen LogP contribution in [0.4, 0.5) is 4.79 Å². The van der Waals surface area contributed by atoms with E-state index < -0.39 is 0 Å². The summed E-state index contributed by atoms with van der Waals surface area (Å²) in [5.41, 5.74) is 2.34. The molecule has 4 nitrogen and oxygen atoms in total. The molecular weight excluding hydrogens is 286 g/mol. The van der Waals surface area contributed by atoms with Gasteiger partial charge in [0.25, 0.3) is 0 Å². The summed E-state index contributed by atoms with van der Waals surface area (Å²) < 4.78 is 2.25. The molecule has 0 saturated heterocycles.